The van der Waals surface area contributed by atoms with Crippen LogP contribution in [0.1, 0.15) is 16.2 Å². The van der Waals surface area contributed by atoms with Crippen LogP contribution in [0.5, 0.6) is 0 Å². The smallest absolute Gasteiger partial charge is 0.272 e. The molecule has 0 aliphatic carbocycles. The van der Waals surface area contributed by atoms with Gasteiger partial charge in [0.15, 0.2) is 0 Å². The zero-order valence-corrected chi connectivity index (χ0v) is 13.6. The summed E-state index contributed by atoms with van der Waals surface area (Å²) in [7, 11) is 0. The maximum Gasteiger partial charge on any atom is 0.272 e. The Hall–Kier alpha value is -2.44. The fourth-order valence-corrected chi connectivity index (χ4v) is 2.80. The molecule has 6 nitrogen and oxygen atoms in total. The van der Waals surface area contributed by atoms with E-state index in [4.69, 9.17) is 16.7 Å². The van der Waals surface area contributed by atoms with Crippen LogP contribution in [0.15, 0.2) is 42.5 Å². The molecule has 1 aliphatic heterocycles. The number of aliphatic hydroxyl groups excluding tert-OH is 1. The molecule has 1 N–H and O–H groups in total. The number of rotatable bonds is 3. The number of nitrogens with zero attached hydrogens (tertiary/aromatic N) is 3. The maximum absolute atomic E-state index is 12.5. The van der Waals surface area contributed by atoms with Gasteiger partial charge in [-0.2, -0.15) is 0 Å². The molecule has 1 fully saturated rings. The summed E-state index contributed by atoms with van der Waals surface area (Å²) in [5, 5.41) is 9.68. The quantitative estimate of drug-likeness (QED) is 0.919. The molecule has 0 unspecified atom stereocenters. The van der Waals surface area contributed by atoms with E-state index >= 15 is 0 Å². The number of amides is 2. The minimum absolute atomic E-state index is 0.0175. The molecule has 1 aromatic carbocycles. The molecule has 3 rings (SSSR count). The van der Waals surface area contributed by atoms with Crippen LogP contribution < -0.4 is 4.90 Å². The van der Waals surface area contributed by atoms with Crippen molar-refractivity contribution < 1.29 is 14.7 Å². The standard InChI is InChI=1S/C17H16ClN3O3/c18-12-3-1-5-14(9-12)21-8-7-20(10-16(21)23)17(24)15-6-2-4-13(11-22)19-15/h1-6,9,22H,7-8,10-11H2. The molecule has 1 saturated heterocycles. The third kappa shape index (κ3) is 3.39. The highest BCUT2D eigenvalue weighted by Crippen LogP contribution is 2.21. The van der Waals surface area contributed by atoms with Gasteiger partial charge < -0.3 is 14.9 Å². The number of aromatic nitrogens is 1. The predicted molar refractivity (Wildman–Crippen MR) is 89.9 cm³/mol. The third-order valence-corrected chi connectivity index (χ3v) is 4.05. The summed E-state index contributed by atoms with van der Waals surface area (Å²) in [6.45, 7) is 0.547. The molecule has 1 aromatic heterocycles. The predicted octanol–water partition coefficient (Wildman–Crippen LogP) is 1.72. The SMILES string of the molecule is O=C(c1cccc(CO)n1)N1CCN(c2cccc(Cl)c2)C(=O)C1. The van der Waals surface area contributed by atoms with Crippen molar-refractivity contribution in [3.8, 4) is 0 Å². The Labute approximate surface area is 144 Å². The number of hydrogen-bond donors (Lipinski definition) is 1. The number of pyridine rings is 1. The number of hydrogen-bond acceptors (Lipinski definition) is 4. The van der Waals surface area contributed by atoms with E-state index in [0.29, 0.717) is 23.8 Å². The number of anilines is 1. The van der Waals surface area contributed by atoms with Gasteiger partial charge in [0.2, 0.25) is 5.91 Å². The molecule has 0 radical (unpaired) electrons. The summed E-state index contributed by atoms with van der Waals surface area (Å²) in [6, 6.07) is 11.9. The monoisotopic (exact) mass is 345 g/mol. The molecule has 2 aromatic rings. The lowest BCUT2D eigenvalue weighted by Gasteiger charge is -2.34. The normalized spacial score (nSPS) is 14.8. The van der Waals surface area contributed by atoms with Crippen LogP contribution in [0, 0.1) is 0 Å². The number of piperazine rings is 1. The van der Waals surface area contributed by atoms with Gasteiger partial charge in [-0.15, -0.1) is 0 Å². The number of halogens is 1. The van der Waals surface area contributed by atoms with E-state index in [1.165, 1.54) is 4.90 Å². The van der Waals surface area contributed by atoms with E-state index in [-0.39, 0.29) is 30.7 Å². The largest absolute Gasteiger partial charge is 0.390 e. The molecule has 24 heavy (non-hydrogen) atoms. The van der Waals surface area contributed by atoms with Gasteiger partial charge >= 0.3 is 0 Å². The second-order valence-electron chi connectivity index (χ2n) is 5.42. The molecular weight excluding hydrogens is 330 g/mol. The van der Waals surface area contributed by atoms with Crippen LogP contribution in [0.4, 0.5) is 5.69 Å². The second kappa shape index (κ2) is 6.98. The summed E-state index contributed by atoms with van der Waals surface area (Å²) >= 11 is 5.97. The summed E-state index contributed by atoms with van der Waals surface area (Å²) in [5.74, 6) is -0.487. The van der Waals surface area contributed by atoms with E-state index in [1.54, 1.807) is 41.3 Å². The zero-order valence-electron chi connectivity index (χ0n) is 12.9. The van der Waals surface area contributed by atoms with E-state index < -0.39 is 0 Å². The number of aliphatic hydroxyl groups is 1. The Balaban J connectivity index is 1.73. The topological polar surface area (TPSA) is 73.7 Å². The Morgan fingerprint density at radius 2 is 2.00 bits per heavy atom. The molecule has 2 amide bonds. The van der Waals surface area contributed by atoms with E-state index in [9.17, 15) is 9.59 Å². The Morgan fingerprint density at radius 3 is 2.71 bits per heavy atom. The average Bonchev–Trinajstić information content (AvgIpc) is 2.61. The average molecular weight is 346 g/mol. The van der Waals surface area contributed by atoms with Gasteiger partial charge in [-0.05, 0) is 30.3 Å². The number of carbonyl (C=O) groups excluding carboxylic acids is 2. The summed E-state index contributed by atoms with van der Waals surface area (Å²) < 4.78 is 0. The summed E-state index contributed by atoms with van der Waals surface area (Å²) in [4.78, 5) is 32.1. The first kappa shape index (κ1) is 16.4. The van der Waals surface area contributed by atoms with Gasteiger partial charge in [-0.3, -0.25) is 9.59 Å². The van der Waals surface area contributed by atoms with Gasteiger partial charge in [-0.1, -0.05) is 23.7 Å². The van der Waals surface area contributed by atoms with Crippen LogP contribution in [-0.2, 0) is 11.4 Å². The Bertz CT molecular complexity index is 781. The molecule has 1 aliphatic rings. The Morgan fingerprint density at radius 1 is 1.21 bits per heavy atom. The molecule has 124 valence electrons. The van der Waals surface area contributed by atoms with Crippen molar-refractivity contribution >= 4 is 29.1 Å². The van der Waals surface area contributed by atoms with Gasteiger partial charge in [0.05, 0.1) is 12.3 Å². The van der Waals surface area contributed by atoms with Gasteiger partial charge in [0.25, 0.3) is 5.91 Å². The van der Waals surface area contributed by atoms with Crippen LogP contribution in [0.3, 0.4) is 0 Å². The van der Waals surface area contributed by atoms with Crippen LogP contribution >= 0.6 is 11.6 Å². The van der Waals surface area contributed by atoms with Crippen molar-refractivity contribution in [2.45, 2.75) is 6.61 Å². The fourth-order valence-electron chi connectivity index (χ4n) is 2.61. The highest BCUT2D eigenvalue weighted by atomic mass is 35.5. The first-order valence-electron chi connectivity index (χ1n) is 7.50. The highest BCUT2D eigenvalue weighted by Gasteiger charge is 2.29. The molecule has 2 heterocycles. The van der Waals surface area contributed by atoms with Crippen LogP contribution in [0.2, 0.25) is 5.02 Å². The first-order chi connectivity index (χ1) is 11.6. The summed E-state index contributed by atoms with van der Waals surface area (Å²) in [5.41, 5.74) is 1.37. The van der Waals surface area contributed by atoms with Gasteiger partial charge in [0.1, 0.15) is 12.2 Å². The summed E-state index contributed by atoms with van der Waals surface area (Å²) in [6.07, 6.45) is 0. The van der Waals surface area contributed by atoms with Crippen molar-refractivity contribution in [3.63, 3.8) is 0 Å². The van der Waals surface area contributed by atoms with Crippen LogP contribution in [0.25, 0.3) is 0 Å². The van der Waals surface area contributed by atoms with Gasteiger partial charge in [0, 0.05) is 23.8 Å². The molecular formula is C17H16ClN3O3. The first-order valence-corrected chi connectivity index (χ1v) is 7.88. The highest BCUT2D eigenvalue weighted by molar-refractivity contribution is 6.30. The molecule has 7 heteroatoms. The lowest BCUT2D eigenvalue weighted by Crippen LogP contribution is -2.52. The van der Waals surface area contributed by atoms with Crippen molar-refractivity contribution in [2.75, 3.05) is 24.5 Å². The van der Waals surface area contributed by atoms with Crippen molar-refractivity contribution in [1.29, 1.82) is 0 Å². The molecule has 0 spiro atoms. The Kier molecular flexibility index (Phi) is 4.78. The van der Waals surface area contributed by atoms with E-state index in [1.807, 2.05) is 6.07 Å². The van der Waals surface area contributed by atoms with E-state index in [2.05, 4.69) is 4.98 Å². The molecule has 0 bridgehead atoms. The second-order valence-corrected chi connectivity index (χ2v) is 5.86. The number of benzene rings is 1. The zero-order chi connectivity index (χ0) is 17.1. The minimum Gasteiger partial charge on any atom is -0.390 e. The van der Waals surface area contributed by atoms with E-state index in [0.717, 1.165) is 5.69 Å². The molecule has 0 saturated carbocycles. The van der Waals surface area contributed by atoms with Crippen molar-refractivity contribution in [3.05, 3.63) is 58.9 Å². The van der Waals surface area contributed by atoms with Crippen molar-refractivity contribution in [1.82, 2.24) is 9.88 Å². The fraction of sp³-hybridized carbons (Fsp3) is 0.235. The number of carbonyl (C=O) groups is 2. The minimum atomic E-state index is -0.315. The molecule has 0 atom stereocenters. The third-order valence-electron chi connectivity index (χ3n) is 3.82. The lowest BCUT2D eigenvalue weighted by atomic mass is 10.2. The van der Waals surface area contributed by atoms with Gasteiger partial charge in [-0.25, -0.2) is 4.98 Å². The maximum atomic E-state index is 12.5. The van der Waals surface area contributed by atoms with Crippen molar-refractivity contribution in [2.24, 2.45) is 0 Å². The lowest BCUT2D eigenvalue weighted by molar-refractivity contribution is -0.120. The van der Waals surface area contributed by atoms with Crippen LogP contribution in [-0.4, -0.2) is 46.4 Å².